The van der Waals surface area contributed by atoms with Gasteiger partial charge in [0.15, 0.2) is 11.5 Å². The quantitative estimate of drug-likeness (QED) is 0.912. The molecule has 2 aromatic rings. The van der Waals surface area contributed by atoms with E-state index < -0.39 is 0 Å². The summed E-state index contributed by atoms with van der Waals surface area (Å²) in [6.45, 7) is 2.82. The fourth-order valence-electron chi connectivity index (χ4n) is 2.10. The average Bonchev–Trinajstić information content (AvgIpc) is 2.42. The van der Waals surface area contributed by atoms with Gasteiger partial charge < -0.3 is 14.7 Å². The molecule has 1 N–H and O–H groups in total. The first-order valence-corrected chi connectivity index (χ1v) is 7.13. The van der Waals surface area contributed by atoms with E-state index in [1.165, 1.54) is 5.56 Å². The number of ether oxygens (including phenoxy) is 1. The maximum atomic E-state index is 9.82. The van der Waals surface area contributed by atoms with E-state index in [-0.39, 0.29) is 5.75 Å². The Bertz CT molecular complexity index is 613. The lowest BCUT2D eigenvalue weighted by Crippen LogP contribution is -2.16. The molecule has 20 heavy (non-hydrogen) atoms. The number of rotatable bonds is 4. The zero-order chi connectivity index (χ0) is 14.7. The minimum atomic E-state index is 0.134. The minimum absolute atomic E-state index is 0.134. The average molecular weight is 336 g/mol. The molecule has 4 heteroatoms. The number of methoxy groups -OCH3 is 1. The van der Waals surface area contributed by atoms with Crippen LogP contribution in [0.1, 0.15) is 11.1 Å². The summed E-state index contributed by atoms with van der Waals surface area (Å²) in [6, 6.07) is 12.1. The molecule has 0 saturated heterocycles. The van der Waals surface area contributed by atoms with Crippen LogP contribution in [0.25, 0.3) is 0 Å². The van der Waals surface area contributed by atoms with Crippen LogP contribution in [0.2, 0.25) is 0 Å². The van der Waals surface area contributed by atoms with Gasteiger partial charge >= 0.3 is 0 Å². The van der Waals surface area contributed by atoms with Gasteiger partial charge in [-0.25, -0.2) is 0 Å². The van der Waals surface area contributed by atoms with E-state index in [0.717, 1.165) is 17.8 Å². The SMILES string of the molecule is COc1cc(CN(C)c2cccc(C)c2)cc(Br)c1O. The van der Waals surface area contributed by atoms with Crippen molar-refractivity contribution in [2.75, 3.05) is 19.1 Å². The lowest BCUT2D eigenvalue weighted by Gasteiger charge is -2.20. The third kappa shape index (κ3) is 3.25. The van der Waals surface area contributed by atoms with E-state index in [9.17, 15) is 5.11 Å². The van der Waals surface area contributed by atoms with Gasteiger partial charge in [-0.15, -0.1) is 0 Å². The van der Waals surface area contributed by atoms with Crippen LogP contribution in [0.15, 0.2) is 40.9 Å². The molecule has 2 aromatic carbocycles. The molecule has 0 unspecified atom stereocenters. The van der Waals surface area contributed by atoms with Crippen molar-refractivity contribution in [3.63, 3.8) is 0 Å². The molecule has 0 atom stereocenters. The number of nitrogens with zero attached hydrogens (tertiary/aromatic N) is 1. The highest BCUT2D eigenvalue weighted by atomic mass is 79.9. The van der Waals surface area contributed by atoms with Gasteiger partial charge in [0, 0.05) is 19.3 Å². The van der Waals surface area contributed by atoms with Gasteiger partial charge in [0.2, 0.25) is 0 Å². The van der Waals surface area contributed by atoms with Gasteiger partial charge in [-0.2, -0.15) is 0 Å². The molecule has 0 aliphatic rings. The molecule has 0 aliphatic heterocycles. The highest BCUT2D eigenvalue weighted by Gasteiger charge is 2.10. The summed E-state index contributed by atoms with van der Waals surface area (Å²) >= 11 is 3.35. The molecular weight excluding hydrogens is 318 g/mol. The van der Waals surface area contributed by atoms with Crippen LogP contribution in [0.4, 0.5) is 5.69 Å². The fourth-order valence-corrected chi connectivity index (χ4v) is 2.59. The number of phenols is 1. The van der Waals surface area contributed by atoms with Crippen molar-refractivity contribution >= 4 is 21.6 Å². The Morgan fingerprint density at radius 3 is 2.65 bits per heavy atom. The summed E-state index contributed by atoms with van der Waals surface area (Å²) in [6.07, 6.45) is 0. The molecule has 0 bridgehead atoms. The second-order valence-corrected chi connectivity index (χ2v) is 5.68. The van der Waals surface area contributed by atoms with Gasteiger partial charge in [0.1, 0.15) is 0 Å². The maximum Gasteiger partial charge on any atom is 0.172 e. The second-order valence-electron chi connectivity index (χ2n) is 4.82. The Kier molecular flexibility index (Phi) is 4.55. The van der Waals surface area contributed by atoms with Gasteiger partial charge in [-0.1, -0.05) is 12.1 Å². The Morgan fingerprint density at radius 2 is 2.00 bits per heavy atom. The smallest absolute Gasteiger partial charge is 0.172 e. The summed E-state index contributed by atoms with van der Waals surface area (Å²) in [4.78, 5) is 2.16. The lowest BCUT2D eigenvalue weighted by atomic mass is 10.1. The number of phenolic OH excluding ortho intramolecular Hbond substituents is 1. The number of halogens is 1. The molecule has 106 valence electrons. The first-order chi connectivity index (χ1) is 9.51. The van der Waals surface area contributed by atoms with Crippen LogP contribution in [-0.4, -0.2) is 19.3 Å². The van der Waals surface area contributed by atoms with Crippen LogP contribution in [0.5, 0.6) is 11.5 Å². The summed E-state index contributed by atoms with van der Waals surface area (Å²) < 4.78 is 5.82. The fraction of sp³-hybridized carbons (Fsp3) is 0.250. The van der Waals surface area contributed by atoms with E-state index in [0.29, 0.717) is 10.2 Å². The van der Waals surface area contributed by atoms with Gasteiger partial charge in [-0.05, 0) is 58.2 Å². The van der Waals surface area contributed by atoms with Crippen molar-refractivity contribution in [3.8, 4) is 11.5 Å². The van der Waals surface area contributed by atoms with Crippen molar-refractivity contribution in [1.82, 2.24) is 0 Å². The molecule has 0 saturated carbocycles. The minimum Gasteiger partial charge on any atom is -0.503 e. The molecular formula is C16H18BrNO2. The molecule has 0 spiro atoms. The van der Waals surface area contributed by atoms with E-state index in [1.807, 2.05) is 19.2 Å². The highest BCUT2D eigenvalue weighted by molar-refractivity contribution is 9.10. The molecule has 0 aliphatic carbocycles. The van der Waals surface area contributed by atoms with E-state index in [1.54, 1.807) is 7.11 Å². The zero-order valence-electron chi connectivity index (χ0n) is 11.9. The number of benzene rings is 2. The van der Waals surface area contributed by atoms with Crippen molar-refractivity contribution in [3.05, 3.63) is 52.0 Å². The number of anilines is 1. The molecule has 0 aromatic heterocycles. The molecule has 2 rings (SSSR count). The third-order valence-electron chi connectivity index (χ3n) is 3.17. The number of aryl methyl sites for hydroxylation is 1. The summed E-state index contributed by atoms with van der Waals surface area (Å²) in [5, 5.41) is 9.82. The number of hydrogen-bond donors (Lipinski definition) is 1. The molecule has 0 radical (unpaired) electrons. The lowest BCUT2D eigenvalue weighted by molar-refractivity contribution is 0.371. The zero-order valence-corrected chi connectivity index (χ0v) is 13.4. The monoisotopic (exact) mass is 335 g/mol. The summed E-state index contributed by atoms with van der Waals surface area (Å²) in [7, 11) is 3.59. The molecule has 0 heterocycles. The predicted molar refractivity (Wildman–Crippen MR) is 85.6 cm³/mol. The number of hydrogen-bond acceptors (Lipinski definition) is 3. The maximum absolute atomic E-state index is 9.82. The van der Waals surface area contributed by atoms with Gasteiger partial charge in [0.25, 0.3) is 0 Å². The van der Waals surface area contributed by atoms with E-state index in [2.05, 4.69) is 52.0 Å². The largest absolute Gasteiger partial charge is 0.503 e. The van der Waals surface area contributed by atoms with Crippen molar-refractivity contribution < 1.29 is 9.84 Å². The van der Waals surface area contributed by atoms with Gasteiger partial charge in [-0.3, -0.25) is 0 Å². The van der Waals surface area contributed by atoms with Crippen LogP contribution < -0.4 is 9.64 Å². The Balaban J connectivity index is 2.23. The first-order valence-electron chi connectivity index (χ1n) is 6.34. The normalized spacial score (nSPS) is 10.4. The van der Waals surface area contributed by atoms with Crippen molar-refractivity contribution in [2.45, 2.75) is 13.5 Å². The van der Waals surface area contributed by atoms with Crippen LogP contribution in [-0.2, 0) is 6.54 Å². The highest BCUT2D eigenvalue weighted by Crippen LogP contribution is 2.35. The summed E-state index contributed by atoms with van der Waals surface area (Å²) in [5.41, 5.74) is 3.46. The van der Waals surface area contributed by atoms with Crippen LogP contribution >= 0.6 is 15.9 Å². The topological polar surface area (TPSA) is 32.7 Å². The van der Waals surface area contributed by atoms with Crippen molar-refractivity contribution in [2.24, 2.45) is 0 Å². The Morgan fingerprint density at radius 1 is 1.25 bits per heavy atom. The third-order valence-corrected chi connectivity index (χ3v) is 3.77. The predicted octanol–water partition coefficient (Wildman–Crippen LogP) is 4.11. The Hall–Kier alpha value is -1.68. The van der Waals surface area contributed by atoms with E-state index >= 15 is 0 Å². The standard InChI is InChI=1S/C16H18BrNO2/c1-11-5-4-6-13(7-11)18(2)10-12-8-14(17)16(19)15(9-12)20-3/h4-9,19H,10H2,1-3H3. The van der Waals surface area contributed by atoms with Crippen molar-refractivity contribution in [1.29, 1.82) is 0 Å². The second kappa shape index (κ2) is 6.18. The molecule has 3 nitrogen and oxygen atoms in total. The first kappa shape index (κ1) is 14.7. The summed E-state index contributed by atoms with van der Waals surface area (Å²) in [5.74, 6) is 0.612. The molecule has 0 amide bonds. The number of aromatic hydroxyl groups is 1. The van der Waals surface area contributed by atoms with E-state index in [4.69, 9.17) is 4.74 Å². The van der Waals surface area contributed by atoms with Crippen LogP contribution in [0, 0.1) is 6.92 Å². The Labute approximate surface area is 127 Å². The molecule has 0 fully saturated rings. The van der Waals surface area contributed by atoms with Gasteiger partial charge in [0.05, 0.1) is 11.6 Å². The van der Waals surface area contributed by atoms with Crippen LogP contribution in [0.3, 0.4) is 0 Å².